The van der Waals surface area contributed by atoms with Crippen LogP contribution in [0.1, 0.15) is 12.0 Å². The van der Waals surface area contributed by atoms with Gasteiger partial charge in [-0.05, 0) is 36.6 Å². The fourth-order valence-corrected chi connectivity index (χ4v) is 2.51. The van der Waals surface area contributed by atoms with Crippen LogP contribution in [0.3, 0.4) is 0 Å². The van der Waals surface area contributed by atoms with Gasteiger partial charge in [0.1, 0.15) is 0 Å². The molecule has 2 aromatic heterocycles. The molecule has 0 saturated heterocycles. The first kappa shape index (κ1) is 14.5. The van der Waals surface area contributed by atoms with E-state index >= 15 is 0 Å². The summed E-state index contributed by atoms with van der Waals surface area (Å²) in [6.07, 6.45) is 6.48. The summed E-state index contributed by atoms with van der Waals surface area (Å²) in [6.45, 7) is 0.490. The van der Waals surface area contributed by atoms with E-state index in [-0.39, 0.29) is 0 Å². The average molecular weight is 293 g/mol. The average Bonchev–Trinajstić information content (AvgIpc) is 3.03. The van der Waals surface area contributed by atoms with Crippen molar-refractivity contribution < 1.29 is 5.11 Å². The van der Waals surface area contributed by atoms with Crippen LogP contribution >= 0.6 is 0 Å². The van der Waals surface area contributed by atoms with Gasteiger partial charge in [-0.2, -0.15) is 5.10 Å². The summed E-state index contributed by atoms with van der Waals surface area (Å²) in [4.78, 5) is 4.13. The number of pyridine rings is 1. The number of aliphatic hydroxyl groups is 1. The Morgan fingerprint density at radius 2 is 1.86 bits per heavy atom. The molecule has 0 spiro atoms. The van der Waals surface area contributed by atoms with Gasteiger partial charge in [-0.25, -0.2) is 0 Å². The Kier molecular flexibility index (Phi) is 4.61. The van der Waals surface area contributed by atoms with Crippen molar-refractivity contribution in [2.24, 2.45) is 0 Å². The van der Waals surface area contributed by atoms with Gasteiger partial charge in [0.15, 0.2) is 0 Å². The van der Waals surface area contributed by atoms with E-state index < -0.39 is 6.10 Å². The van der Waals surface area contributed by atoms with Crippen molar-refractivity contribution in [3.05, 3.63) is 72.7 Å². The molecule has 0 saturated carbocycles. The zero-order chi connectivity index (χ0) is 15.2. The fraction of sp³-hybridized carbons (Fsp3) is 0.222. The lowest BCUT2D eigenvalue weighted by atomic mass is 10.1. The highest BCUT2D eigenvalue weighted by atomic mass is 16.3. The van der Waals surface area contributed by atoms with Gasteiger partial charge in [-0.3, -0.25) is 9.67 Å². The predicted molar refractivity (Wildman–Crippen MR) is 86.2 cm³/mol. The number of rotatable bonds is 6. The standard InChI is InChI=1S/C18H19N3O/c22-17(9-8-15-5-2-1-3-6-15)14-21-18(10-12-20-21)16-7-4-11-19-13-16/h1-7,10-13,17,22H,8-9,14H2/t17-/m1/s1. The van der Waals surface area contributed by atoms with Crippen LogP contribution in [0.5, 0.6) is 0 Å². The molecule has 0 unspecified atom stereocenters. The van der Waals surface area contributed by atoms with Gasteiger partial charge in [-0.1, -0.05) is 30.3 Å². The second-order valence-corrected chi connectivity index (χ2v) is 5.32. The fourth-order valence-electron chi connectivity index (χ4n) is 2.51. The zero-order valence-electron chi connectivity index (χ0n) is 12.3. The van der Waals surface area contributed by atoms with Crippen molar-refractivity contribution in [2.45, 2.75) is 25.5 Å². The van der Waals surface area contributed by atoms with Crippen LogP contribution in [0.2, 0.25) is 0 Å². The van der Waals surface area contributed by atoms with Crippen molar-refractivity contribution >= 4 is 0 Å². The molecular weight excluding hydrogens is 274 g/mol. The van der Waals surface area contributed by atoms with E-state index in [0.717, 1.165) is 24.1 Å². The summed E-state index contributed by atoms with van der Waals surface area (Å²) in [7, 11) is 0. The highest BCUT2D eigenvalue weighted by Crippen LogP contribution is 2.18. The van der Waals surface area contributed by atoms with Crippen LogP contribution in [0, 0.1) is 0 Å². The molecule has 0 aliphatic heterocycles. The first-order valence-electron chi connectivity index (χ1n) is 7.47. The van der Waals surface area contributed by atoms with Crippen LogP contribution in [-0.2, 0) is 13.0 Å². The number of aryl methyl sites for hydroxylation is 1. The number of hydrogen-bond acceptors (Lipinski definition) is 3. The monoisotopic (exact) mass is 293 g/mol. The lowest BCUT2D eigenvalue weighted by molar-refractivity contribution is 0.140. The SMILES string of the molecule is O[C@H](CCc1ccccc1)Cn1nccc1-c1cccnc1. The second kappa shape index (κ2) is 7.00. The molecule has 1 aromatic carbocycles. The molecule has 22 heavy (non-hydrogen) atoms. The van der Waals surface area contributed by atoms with Gasteiger partial charge in [0.25, 0.3) is 0 Å². The summed E-state index contributed by atoms with van der Waals surface area (Å²) in [5.41, 5.74) is 3.23. The highest BCUT2D eigenvalue weighted by molar-refractivity contribution is 5.57. The maximum absolute atomic E-state index is 10.3. The van der Waals surface area contributed by atoms with Crippen molar-refractivity contribution in [1.82, 2.24) is 14.8 Å². The lowest BCUT2D eigenvalue weighted by Gasteiger charge is -2.13. The van der Waals surface area contributed by atoms with E-state index in [9.17, 15) is 5.11 Å². The molecule has 0 bridgehead atoms. The third-order valence-electron chi connectivity index (χ3n) is 3.67. The number of aromatic nitrogens is 3. The zero-order valence-corrected chi connectivity index (χ0v) is 12.3. The normalized spacial score (nSPS) is 12.2. The topological polar surface area (TPSA) is 50.9 Å². The first-order chi connectivity index (χ1) is 10.8. The predicted octanol–water partition coefficient (Wildman–Crippen LogP) is 2.94. The van der Waals surface area contributed by atoms with Gasteiger partial charge < -0.3 is 5.11 Å². The summed E-state index contributed by atoms with van der Waals surface area (Å²) in [5.74, 6) is 0. The number of nitrogens with zero attached hydrogens (tertiary/aromatic N) is 3. The van der Waals surface area contributed by atoms with Crippen molar-refractivity contribution in [3.8, 4) is 11.3 Å². The molecule has 2 heterocycles. The van der Waals surface area contributed by atoms with E-state index in [1.165, 1.54) is 5.56 Å². The van der Waals surface area contributed by atoms with E-state index in [1.54, 1.807) is 12.4 Å². The minimum Gasteiger partial charge on any atom is -0.391 e. The van der Waals surface area contributed by atoms with Crippen LogP contribution in [0.4, 0.5) is 0 Å². The summed E-state index contributed by atoms with van der Waals surface area (Å²) >= 11 is 0. The summed E-state index contributed by atoms with van der Waals surface area (Å²) in [6, 6.07) is 16.1. The number of aliphatic hydroxyl groups excluding tert-OH is 1. The Bertz CT molecular complexity index is 695. The van der Waals surface area contributed by atoms with Crippen molar-refractivity contribution in [2.75, 3.05) is 0 Å². The van der Waals surface area contributed by atoms with Gasteiger partial charge in [-0.15, -0.1) is 0 Å². The molecule has 4 heteroatoms. The molecule has 0 aliphatic carbocycles. The molecule has 0 radical (unpaired) electrons. The van der Waals surface area contributed by atoms with Gasteiger partial charge in [0.2, 0.25) is 0 Å². The molecule has 3 rings (SSSR count). The largest absolute Gasteiger partial charge is 0.391 e. The smallest absolute Gasteiger partial charge is 0.0739 e. The minimum absolute atomic E-state index is 0.421. The summed E-state index contributed by atoms with van der Waals surface area (Å²) in [5, 5.41) is 14.6. The Labute approximate surface area is 130 Å². The maximum Gasteiger partial charge on any atom is 0.0739 e. The lowest BCUT2D eigenvalue weighted by Crippen LogP contribution is -2.18. The first-order valence-corrected chi connectivity index (χ1v) is 7.47. The maximum atomic E-state index is 10.3. The number of hydrogen-bond donors (Lipinski definition) is 1. The minimum atomic E-state index is -0.421. The van der Waals surface area contributed by atoms with Gasteiger partial charge in [0, 0.05) is 24.2 Å². The van der Waals surface area contributed by atoms with Crippen LogP contribution in [0.25, 0.3) is 11.3 Å². The molecule has 1 atom stereocenters. The highest BCUT2D eigenvalue weighted by Gasteiger charge is 2.10. The Balaban J connectivity index is 1.63. The van der Waals surface area contributed by atoms with Crippen LogP contribution in [-0.4, -0.2) is 26.0 Å². The molecule has 0 amide bonds. The molecule has 0 aliphatic rings. The number of benzene rings is 1. The Morgan fingerprint density at radius 3 is 2.64 bits per heavy atom. The quantitative estimate of drug-likeness (QED) is 0.760. The van der Waals surface area contributed by atoms with Crippen LogP contribution in [0.15, 0.2) is 67.1 Å². The van der Waals surface area contributed by atoms with Gasteiger partial charge >= 0.3 is 0 Å². The molecule has 4 nitrogen and oxygen atoms in total. The van der Waals surface area contributed by atoms with E-state index in [1.807, 2.05) is 47.3 Å². The molecule has 0 fully saturated rings. The van der Waals surface area contributed by atoms with E-state index in [0.29, 0.717) is 6.54 Å². The Hall–Kier alpha value is -2.46. The Morgan fingerprint density at radius 1 is 1.00 bits per heavy atom. The van der Waals surface area contributed by atoms with Crippen LogP contribution < -0.4 is 0 Å². The van der Waals surface area contributed by atoms with Gasteiger partial charge in [0.05, 0.1) is 18.3 Å². The second-order valence-electron chi connectivity index (χ2n) is 5.32. The van der Waals surface area contributed by atoms with Crippen molar-refractivity contribution in [3.63, 3.8) is 0 Å². The third-order valence-corrected chi connectivity index (χ3v) is 3.67. The summed E-state index contributed by atoms with van der Waals surface area (Å²) < 4.78 is 1.84. The molecule has 112 valence electrons. The molecule has 1 N–H and O–H groups in total. The van der Waals surface area contributed by atoms with Crippen molar-refractivity contribution in [1.29, 1.82) is 0 Å². The molecular formula is C18H19N3O. The third kappa shape index (κ3) is 3.59. The van der Waals surface area contributed by atoms with E-state index in [4.69, 9.17) is 0 Å². The molecule has 3 aromatic rings. The van der Waals surface area contributed by atoms with E-state index in [2.05, 4.69) is 22.2 Å².